The molecule has 170 valence electrons. The first kappa shape index (κ1) is 21.1. The molecule has 0 saturated heterocycles. The Kier molecular flexibility index (Phi) is 4.72. The monoisotopic (exact) mass is 486 g/mol. The summed E-state index contributed by atoms with van der Waals surface area (Å²) in [6.07, 6.45) is 2.40. The van der Waals surface area contributed by atoms with Gasteiger partial charge in [-0.25, -0.2) is 13.2 Å². The highest BCUT2D eigenvalue weighted by atomic mass is 32.2. The van der Waals surface area contributed by atoms with Gasteiger partial charge < -0.3 is 0 Å². The SMILES string of the molecule is CCc1nnc(NS(=O)(=O)c2ccc(-n3c(C)cn4c5c(=O)[nH]c(=O)n(C)c5nc34)cc2)s1. The highest BCUT2D eigenvalue weighted by molar-refractivity contribution is 7.93. The van der Waals surface area contributed by atoms with Crippen LogP contribution in [0.25, 0.3) is 22.6 Å². The number of H-pyrrole nitrogens is 1. The van der Waals surface area contributed by atoms with E-state index in [0.29, 0.717) is 17.9 Å². The van der Waals surface area contributed by atoms with Crippen LogP contribution in [0.15, 0.2) is 44.9 Å². The molecule has 4 aromatic heterocycles. The molecule has 0 fully saturated rings. The van der Waals surface area contributed by atoms with E-state index >= 15 is 0 Å². The molecule has 0 bridgehead atoms. The molecule has 0 aliphatic rings. The summed E-state index contributed by atoms with van der Waals surface area (Å²) >= 11 is 1.18. The zero-order chi connectivity index (χ0) is 23.5. The molecule has 0 unspecified atom stereocenters. The Labute approximate surface area is 190 Å². The van der Waals surface area contributed by atoms with Gasteiger partial charge in [0.1, 0.15) is 5.01 Å². The molecule has 0 amide bonds. The molecule has 5 aromatic rings. The molecule has 0 spiro atoms. The van der Waals surface area contributed by atoms with Crippen LogP contribution in [-0.2, 0) is 23.5 Å². The fourth-order valence-corrected chi connectivity index (χ4v) is 5.49. The molecule has 0 aliphatic heterocycles. The smallest absolute Gasteiger partial charge is 0.283 e. The highest BCUT2D eigenvalue weighted by Gasteiger charge is 2.20. The van der Waals surface area contributed by atoms with Gasteiger partial charge in [0, 0.05) is 24.6 Å². The Balaban J connectivity index is 1.57. The predicted molar refractivity (Wildman–Crippen MR) is 123 cm³/mol. The van der Waals surface area contributed by atoms with Crippen molar-refractivity contribution in [2.24, 2.45) is 7.05 Å². The van der Waals surface area contributed by atoms with Gasteiger partial charge in [0.15, 0.2) is 11.2 Å². The number of aromatic amines is 1. The number of sulfonamides is 1. The maximum Gasteiger partial charge on any atom is 0.329 e. The Morgan fingerprint density at radius 3 is 2.55 bits per heavy atom. The van der Waals surface area contributed by atoms with Gasteiger partial charge in [-0.05, 0) is 37.6 Å². The van der Waals surface area contributed by atoms with Gasteiger partial charge in [0.05, 0.1) is 4.90 Å². The number of hydrogen-bond acceptors (Lipinski definition) is 8. The lowest BCUT2D eigenvalue weighted by Crippen LogP contribution is -2.28. The second kappa shape index (κ2) is 7.38. The predicted octanol–water partition coefficient (Wildman–Crippen LogP) is 1.19. The van der Waals surface area contributed by atoms with E-state index in [2.05, 4.69) is 24.9 Å². The quantitative estimate of drug-likeness (QED) is 0.379. The first-order chi connectivity index (χ1) is 15.7. The lowest BCUT2D eigenvalue weighted by atomic mass is 10.3. The number of nitrogens with zero attached hydrogens (tertiary/aromatic N) is 6. The van der Waals surface area contributed by atoms with E-state index in [1.54, 1.807) is 27.3 Å². The minimum atomic E-state index is -3.84. The Bertz CT molecular complexity index is 1750. The average Bonchev–Trinajstić information content (AvgIpc) is 3.45. The lowest BCUT2D eigenvalue weighted by molar-refractivity contribution is 0.601. The number of aryl methyl sites for hydroxylation is 3. The van der Waals surface area contributed by atoms with Gasteiger partial charge in [-0.1, -0.05) is 18.3 Å². The van der Waals surface area contributed by atoms with Gasteiger partial charge in [-0.2, -0.15) is 4.98 Å². The molecule has 5 rings (SSSR count). The van der Waals surface area contributed by atoms with Crippen molar-refractivity contribution in [3.05, 3.63) is 62.0 Å². The molecule has 0 atom stereocenters. The molecule has 12 nitrogen and oxygen atoms in total. The van der Waals surface area contributed by atoms with Crippen LogP contribution in [0.4, 0.5) is 5.13 Å². The van der Waals surface area contributed by atoms with E-state index in [0.717, 1.165) is 10.7 Å². The first-order valence-corrected chi connectivity index (χ1v) is 12.1. The third-order valence-corrected chi connectivity index (χ3v) is 7.66. The van der Waals surface area contributed by atoms with Crippen molar-refractivity contribution in [1.29, 1.82) is 0 Å². The van der Waals surface area contributed by atoms with Gasteiger partial charge >= 0.3 is 5.69 Å². The number of imidazole rings is 2. The summed E-state index contributed by atoms with van der Waals surface area (Å²) in [7, 11) is -2.31. The second-order valence-corrected chi connectivity index (χ2v) is 10.1. The zero-order valence-electron chi connectivity index (χ0n) is 17.7. The summed E-state index contributed by atoms with van der Waals surface area (Å²) in [5.41, 5.74) is 0.818. The van der Waals surface area contributed by atoms with Crippen LogP contribution < -0.4 is 16.0 Å². The van der Waals surface area contributed by atoms with E-state index in [4.69, 9.17) is 0 Å². The van der Waals surface area contributed by atoms with Gasteiger partial charge in [0.2, 0.25) is 10.9 Å². The molecule has 14 heteroatoms. The third kappa shape index (κ3) is 3.34. The van der Waals surface area contributed by atoms with Crippen molar-refractivity contribution in [3.63, 3.8) is 0 Å². The van der Waals surface area contributed by atoms with E-state index in [1.807, 2.05) is 13.8 Å². The van der Waals surface area contributed by atoms with Crippen LogP contribution in [0.2, 0.25) is 0 Å². The standard InChI is InChI=1S/C19H18N8O4S2/c1-4-13-22-23-17(32-13)24-33(30,31)12-7-5-11(6-8-12)27-10(2)9-26-14-15(20-18(26)27)25(3)19(29)21-16(14)28/h5-9H,4H2,1-3H3,(H,23,24)(H,21,28,29). The number of rotatable bonds is 5. The molecule has 1 aromatic carbocycles. The van der Waals surface area contributed by atoms with E-state index < -0.39 is 21.3 Å². The first-order valence-electron chi connectivity index (χ1n) is 9.84. The van der Waals surface area contributed by atoms with Crippen molar-refractivity contribution >= 4 is 43.4 Å². The second-order valence-electron chi connectivity index (χ2n) is 7.33. The molecule has 33 heavy (non-hydrogen) atoms. The molecule has 0 aliphatic carbocycles. The number of nitrogens with one attached hydrogen (secondary N) is 2. The number of aromatic nitrogens is 7. The number of anilines is 1. The summed E-state index contributed by atoms with van der Waals surface area (Å²) in [6, 6.07) is 6.23. The van der Waals surface area contributed by atoms with Crippen LogP contribution in [0.1, 0.15) is 17.6 Å². The lowest BCUT2D eigenvalue weighted by Gasteiger charge is -2.08. The topological polar surface area (TPSA) is 149 Å². The van der Waals surface area contributed by atoms with Crippen LogP contribution in [0.5, 0.6) is 0 Å². The van der Waals surface area contributed by atoms with Crippen LogP contribution in [-0.4, -0.2) is 42.1 Å². The molecule has 0 radical (unpaired) electrons. The largest absolute Gasteiger partial charge is 0.329 e. The minimum absolute atomic E-state index is 0.0627. The number of hydrogen-bond donors (Lipinski definition) is 2. The molecular weight excluding hydrogens is 468 g/mol. The molecular formula is C19H18N8O4S2. The Hall–Kier alpha value is -3.78. The maximum absolute atomic E-state index is 12.7. The van der Waals surface area contributed by atoms with Crippen molar-refractivity contribution in [2.45, 2.75) is 25.2 Å². The number of benzene rings is 1. The van der Waals surface area contributed by atoms with E-state index in [1.165, 1.54) is 35.1 Å². The normalized spacial score (nSPS) is 12.1. The minimum Gasteiger partial charge on any atom is -0.283 e. The van der Waals surface area contributed by atoms with Gasteiger partial charge in [-0.15, -0.1) is 10.2 Å². The van der Waals surface area contributed by atoms with E-state index in [-0.39, 0.29) is 21.2 Å². The average molecular weight is 487 g/mol. The molecule has 2 N–H and O–H groups in total. The molecule has 4 heterocycles. The zero-order valence-corrected chi connectivity index (χ0v) is 19.4. The van der Waals surface area contributed by atoms with Gasteiger partial charge in [-0.3, -0.25) is 28.0 Å². The third-order valence-electron chi connectivity index (χ3n) is 5.20. The van der Waals surface area contributed by atoms with Crippen molar-refractivity contribution < 1.29 is 8.42 Å². The van der Waals surface area contributed by atoms with Crippen LogP contribution >= 0.6 is 11.3 Å². The van der Waals surface area contributed by atoms with Crippen molar-refractivity contribution in [2.75, 3.05) is 4.72 Å². The fraction of sp³-hybridized carbons (Fsp3) is 0.211. The summed E-state index contributed by atoms with van der Waals surface area (Å²) in [4.78, 5) is 31.2. The maximum atomic E-state index is 12.7. The Morgan fingerprint density at radius 1 is 1.15 bits per heavy atom. The highest BCUT2D eigenvalue weighted by Crippen LogP contribution is 2.24. The summed E-state index contributed by atoms with van der Waals surface area (Å²) in [5, 5.41) is 8.71. The fourth-order valence-electron chi connectivity index (χ4n) is 3.58. The Morgan fingerprint density at radius 2 is 1.88 bits per heavy atom. The van der Waals surface area contributed by atoms with E-state index in [9.17, 15) is 18.0 Å². The summed E-state index contributed by atoms with van der Waals surface area (Å²) in [6.45, 7) is 3.75. The number of fused-ring (bicyclic) bond motifs is 3. The van der Waals surface area contributed by atoms with Crippen LogP contribution in [0, 0.1) is 6.92 Å². The molecule has 0 saturated carbocycles. The van der Waals surface area contributed by atoms with Crippen LogP contribution in [0.3, 0.4) is 0 Å². The van der Waals surface area contributed by atoms with Gasteiger partial charge in [0.25, 0.3) is 15.6 Å². The summed E-state index contributed by atoms with van der Waals surface area (Å²) < 4.78 is 32.6. The van der Waals surface area contributed by atoms with Crippen molar-refractivity contribution in [3.8, 4) is 5.69 Å². The van der Waals surface area contributed by atoms with Crippen molar-refractivity contribution in [1.82, 2.24) is 33.7 Å². The summed E-state index contributed by atoms with van der Waals surface area (Å²) in [5.74, 6) is 0.420.